The summed E-state index contributed by atoms with van der Waals surface area (Å²) in [7, 11) is 0. The molecule has 0 saturated heterocycles. The van der Waals surface area contributed by atoms with Crippen molar-refractivity contribution in [3.8, 4) is 0 Å². The van der Waals surface area contributed by atoms with E-state index >= 15 is 0 Å². The largest absolute Gasteiger partial charge is 0.389 e. The second-order valence-electron chi connectivity index (χ2n) is 16.1. The van der Waals surface area contributed by atoms with Crippen LogP contribution in [0.2, 0.25) is 0 Å². The smallest absolute Gasteiger partial charge is 0.0900 e. The standard InChI is InChI=1S/C45H93NO4/c1-6-11-16-21-23-28-33-42(31-26-19-14-9-4)38-49-40-44(47)36-46(35-30-25-18-13-8-3)37-45(48)41-50-39-43(32-27-20-15-10-5)34-29-24-22-17-12-7-2/h42-45,47-48H,6-41H2,1-5H3. The van der Waals surface area contributed by atoms with Crippen LogP contribution in [0.5, 0.6) is 0 Å². The lowest BCUT2D eigenvalue weighted by atomic mass is 9.95. The Morgan fingerprint density at radius 3 is 0.980 bits per heavy atom. The average Bonchev–Trinajstić information content (AvgIpc) is 3.10. The Balaban J connectivity index is 4.86. The van der Waals surface area contributed by atoms with E-state index in [1.807, 2.05) is 0 Å². The van der Waals surface area contributed by atoms with E-state index in [1.54, 1.807) is 0 Å². The molecule has 50 heavy (non-hydrogen) atoms. The minimum absolute atomic E-state index is 0.388. The fraction of sp³-hybridized carbons (Fsp3) is 1.00. The molecule has 0 radical (unpaired) electrons. The lowest BCUT2D eigenvalue weighted by molar-refractivity contribution is -0.0213. The second kappa shape index (κ2) is 40.0. The van der Waals surface area contributed by atoms with Gasteiger partial charge in [-0.2, -0.15) is 0 Å². The first-order valence-corrected chi connectivity index (χ1v) is 22.7. The molecular formula is C45H93NO4. The van der Waals surface area contributed by atoms with Crippen molar-refractivity contribution in [3.05, 3.63) is 0 Å². The quantitative estimate of drug-likeness (QED) is 0.0617. The molecule has 4 unspecified atom stereocenters. The van der Waals surface area contributed by atoms with E-state index in [0.29, 0.717) is 38.1 Å². The number of rotatable bonds is 42. The first-order chi connectivity index (χ1) is 24.5. The molecule has 302 valence electrons. The summed E-state index contributed by atoms with van der Waals surface area (Å²) < 4.78 is 12.4. The van der Waals surface area contributed by atoms with Gasteiger partial charge in [0.2, 0.25) is 0 Å². The molecule has 0 rings (SSSR count). The van der Waals surface area contributed by atoms with Gasteiger partial charge in [-0.05, 0) is 50.5 Å². The zero-order chi connectivity index (χ0) is 36.8. The Bertz CT molecular complexity index is 588. The molecule has 0 aliphatic rings. The molecule has 4 atom stereocenters. The van der Waals surface area contributed by atoms with Crippen LogP contribution in [0.3, 0.4) is 0 Å². The van der Waals surface area contributed by atoms with Crippen LogP contribution in [0.15, 0.2) is 0 Å². The first-order valence-electron chi connectivity index (χ1n) is 22.7. The van der Waals surface area contributed by atoms with Gasteiger partial charge in [0.1, 0.15) is 0 Å². The Morgan fingerprint density at radius 1 is 0.360 bits per heavy atom. The van der Waals surface area contributed by atoms with Crippen molar-refractivity contribution in [2.24, 2.45) is 11.8 Å². The number of unbranched alkanes of at least 4 members (excludes halogenated alkanes) is 20. The van der Waals surface area contributed by atoms with E-state index in [0.717, 1.165) is 26.2 Å². The van der Waals surface area contributed by atoms with Gasteiger partial charge in [-0.1, -0.05) is 189 Å². The summed E-state index contributed by atoms with van der Waals surface area (Å²) in [6.07, 6.45) is 36.6. The van der Waals surface area contributed by atoms with Gasteiger partial charge in [-0.3, -0.25) is 4.90 Å². The predicted molar refractivity (Wildman–Crippen MR) is 219 cm³/mol. The zero-order valence-corrected chi connectivity index (χ0v) is 34.9. The van der Waals surface area contributed by atoms with E-state index in [2.05, 4.69) is 39.5 Å². The van der Waals surface area contributed by atoms with Crippen LogP contribution in [-0.2, 0) is 9.47 Å². The molecule has 5 nitrogen and oxygen atoms in total. The van der Waals surface area contributed by atoms with Crippen LogP contribution < -0.4 is 0 Å². The van der Waals surface area contributed by atoms with E-state index in [1.165, 1.54) is 180 Å². The summed E-state index contributed by atoms with van der Waals surface area (Å²) in [6, 6.07) is 0. The molecule has 2 N–H and O–H groups in total. The third kappa shape index (κ3) is 34.9. The van der Waals surface area contributed by atoms with E-state index in [9.17, 15) is 10.2 Å². The van der Waals surface area contributed by atoms with Gasteiger partial charge >= 0.3 is 0 Å². The summed E-state index contributed by atoms with van der Waals surface area (Å²) >= 11 is 0. The van der Waals surface area contributed by atoms with Crippen molar-refractivity contribution in [1.29, 1.82) is 0 Å². The Kier molecular flexibility index (Phi) is 39.8. The Labute approximate surface area is 314 Å². The fourth-order valence-corrected chi connectivity index (χ4v) is 7.41. The summed E-state index contributed by atoms with van der Waals surface area (Å²) in [5, 5.41) is 22.1. The SMILES string of the molecule is CCCCCCCCC(CCCCCC)COCC(O)CN(CCCCCCC)CC(O)COCC(CCCCCC)CCCCCCCC. The lowest BCUT2D eigenvalue weighted by Crippen LogP contribution is -2.41. The predicted octanol–water partition coefficient (Wildman–Crippen LogP) is 12.7. The summed E-state index contributed by atoms with van der Waals surface area (Å²) in [5.41, 5.74) is 0. The van der Waals surface area contributed by atoms with Crippen molar-refractivity contribution in [2.75, 3.05) is 46.1 Å². The van der Waals surface area contributed by atoms with Gasteiger partial charge < -0.3 is 19.7 Å². The van der Waals surface area contributed by atoms with Crippen LogP contribution in [0, 0.1) is 11.8 Å². The van der Waals surface area contributed by atoms with Crippen LogP contribution in [0.1, 0.15) is 221 Å². The highest BCUT2D eigenvalue weighted by atomic mass is 16.5. The summed E-state index contributed by atoms with van der Waals surface area (Å²) in [6.45, 7) is 15.7. The average molecular weight is 712 g/mol. The molecule has 5 heteroatoms. The van der Waals surface area contributed by atoms with Crippen LogP contribution >= 0.6 is 0 Å². The van der Waals surface area contributed by atoms with Crippen molar-refractivity contribution in [1.82, 2.24) is 4.90 Å². The van der Waals surface area contributed by atoms with Gasteiger partial charge in [0.05, 0.1) is 25.4 Å². The third-order valence-electron chi connectivity index (χ3n) is 10.7. The maximum Gasteiger partial charge on any atom is 0.0900 e. The van der Waals surface area contributed by atoms with Crippen LogP contribution in [0.25, 0.3) is 0 Å². The number of aliphatic hydroxyl groups is 2. The normalized spacial score (nSPS) is 14.4. The topological polar surface area (TPSA) is 62.2 Å². The number of ether oxygens (including phenoxy) is 2. The number of hydrogen-bond donors (Lipinski definition) is 2. The molecule has 0 heterocycles. The Hall–Kier alpha value is -0.200. The summed E-state index contributed by atoms with van der Waals surface area (Å²) in [5.74, 6) is 1.21. The van der Waals surface area contributed by atoms with Crippen molar-refractivity contribution in [2.45, 2.75) is 233 Å². The van der Waals surface area contributed by atoms with Gasteiger partial charge in [-0.15, -0.1) is 0 Å². The molecule has 0 saturated carbocycles. The van der Waals surface area contributed by atoms with E-state index in [-0.39, 0.29) is 0 Å². The van der Waals surface area contributed by atoms with Crippen molar-refractivity contribution >= 4 is 0 Å². The van der Waals surface area contributed by atoms with Gasteiger partial charge in [0.15, 0.2) is 0 Å². The molecule has 0 aromatic heterocycles. The summed E-state index contributed by atoms with van der Waals surface area (Å²) in [4.78, 5) is 2.27. The lowest BCUT2D eigenvalue weighted by Gasteiger charge is -2.28. The first kappa shape index (κ1) is 49.8. The number of aliphatic hydroxyl groups excluding tert-OH is 2. The van der Waals surface area contributed by atoms with E-state index in [4.69, 9.17) is 9.47 Å². The molecule has 0 bridgehead atoms. The van der Waals surface area contributed by atoms with Crippen LogP contribution in [-0.4, -0.2) is 73.4 Å². The highest BCUT2D eigenvalue weighted by Crippen LogP contribution is 2.21. The van der Waals surface area contributed by atoms with Crippen molar-refractivity contribution < 1.29 is 19.7 Å². The molecule has 0 aromatic carbocycles. The van der Waals surface area contributed by atoms with Gasteiger partial charge in [0, 0.05) is 26.3 Å². The minimum atomic E-state index is -0.529. The van der Waals surface area contributed by atoms with Gasteiger partial charge in [0.25, 0.3) is 0 Å². The highest BCUT2D eigenvalue weighted by molar-refractivity contribution is 4.71. The van der Waals surface area contributed by atoms with E-state index < -0.39 is 12.2 Å². The maximum atomic E-state index is 11.1. The molecule has 0 amide bonds. The Morgan fingerprint density at radius 2 is 0.640 bits per heavy atom. The zero-order valence-electron chi connectivity index (χ0n) is 34.9. The molecule has 0 aliphatic carbocycles. The fourth-order valence-electron chi connectivity index (χ4n) is 7.41. The molecule has 0 aromatic rings. The number of nitrogens with zero attached hydrogens (tertiary/aromatic N) is 1. The van der Waals surface area contributed by atoms with Crippen LogP contribution in [0.4, 0.5) is 0 Å². The number of hydrogen-bond acceptors (Lipinski definition) is 5. The van der Waals surface area contributed by atoms with Gasteiger partial charge in [-0.25, -0.2) is 0 Å². The minimum Gasteiger partial charge on any atom is -0.389 e. The third-order valence-corrected chi connectivity index (χ3v) is 10.7. The molecule has 0 spiro atoms. The highest BCUT2D eigenvalue weighted by Gasteiger charge is 2.18. The monoisotopic (exact) mass is 712 g/mol. The maximum absolute atomic E-state index is 11.1. The second-order valence-corrected chi connectivity index (χ2v) is 16.1. The molecule has 0 fully saturated rings. The van der Waals surface area contributed by atoms with Crippen molar-refractivity contribution in [3.63, 3.8) is 0 Å². The molecular weight excluding hydrogens is 618 g/mol. The molecule has 0 aliphatic heterocycles.